The zero-order valence-corrected chi connectivity index (χ0v) is 6.63. The molecule has 1 aliphatic heterocycles. The molecule has 4 atom stereocenters. The van der Waals surface area contributed by atoms with E-state index in [1.165, 1.54) is 5.57 Å². The van der Waals surface area contributed by atoms with Crippen LogP contribution in [0.1, 0.15) is 13.8 Å². The third-order valence-electron chi connectivity index (χ3n) is 2.67. The molecule has 0 aromatic rings. The van der Waals surface area contributed by atoms with Crippen LogP contribution in [0.25, 0.3) is 0 Å². The SMILES string of the molecule is CC1=C[C@@](C)(O)[C@H]2[C@@H]1N2C. The van der Waals surface area contributed by atoms with Gasteiger partial charge in [0.15, 0.2) is 0 Å². The van der Waals surface area contributed by atoms with Crippen molar-refractivity contribution in [1.82, 2.24) is 4.90 Å². The summed E-state index contributed by atoms with van der Waals surface area (Å²) in [5.41, 5.74) is 0.751. The molecule has 1 fully saturated rings. The smallest absolute Gasteiger partial charge is 0.0975 e. The Morgan fingerprint density at radius 1 is 1.70 bits per heavy atom. The summed E-state index contributed by atoms with van der Waals surface area (Å²) < 4.78 is 0. The van der Waals surface area contributed by atoms with Gasteiger partial charge in [0.2, 0.25) is 0 Å². The summed E-state index contributed by atoms with van der Waals surface area (Å²) in [7, 11) is 2.06. The molecule has 1 aliphatic carbocycles. The first-order chi connectivity index (χ1) is 4.54. The number of hydrogen-bond acceptors (Lipinski definition) is 2. The van der Waals surface area contributed by atoms with Crippen LogP contribution in [0.5, 0.6) is 0 Å². The van der Waals surface area contributed by atoms with Crippen LogP contribution in [0.4, 0.5) is 0 Å². The molecule has 0 bridgehead atoms. The fraction of sp³-hybridized carbons (Fsp3) is 0.750. The van der Waals surface area contributed by atoms with E-state index in [1.54, 1.807) is 0 Å². The molecule has 2 aliphatic rings. The molecule has 1 saturated heterocycles. The molecule has 0 aromatic carbocycles. The number of aliphatic hydroxyl groups is 1. The van der Waals surface area contributed by atoms with Gasteiger partial charge < -0.3 is 5.11 Å². The van der Waals surface area contributed by atoms with Crippen LogP contribution in [0.3, 0.4) is 0 Å². The van der Waals surface area contributed by atoms with E-state index >= 15 is 0 Å². The largest absolute Gasteiger partial charge is 0.384 e. The van der Waals surface area contributed by atoms with Crippen LogP contribution >= 0.6 is 0 Å². The van der Waals surface area contributed by atoms with Crippen molar-refractivity contribution >= 4 is 0 Å². The summed E-state index contributed by atoms with van der Waals surface area (Å²) in [4.78, 5) is 2.20. The molecule has 2 rings (SSSR count). The Morgan fingerprint density at radius 2 is 2.30 bits per heavy atom. The minimum Gasteiger partial charge on any atom is -0.384 e. The average Bonchev–Trinajstić information content (AvgIpc) is 2.32. The van der Waals surface area contributed by atoms with Crippen LogP contribution in [0.2, 0.25) is 0 Å². The Labute approximate surface area is 61.1 Å². The first-order valence-electron chi connectivity index (χ1n) is 3.68. The Hall–Kier alpha value is -0.340. The van der Waals surface area contributed by atoms with Crippen molar-refractivity contribution in [2.45, 2.75) is 31.5 Å². The molecule has 2 nitrogen and oxygen atoms in total. The topological polar surface area (TPSA) is 23.2 Å². The summed E-state index contributed by atoms with van der Waals surface area (Å²) in [6, 6.07) is 0.905. The van der Waals surface area contributed by atoms with Gasteiger partial charge in [-0.1, -0.05) is 11.6 Å². The number of nitrogens with zero attached hydrogens (tertiary/aromatic N) is 1. The summed E-state index contributed by atoms with van der Waals surface area (Å²) in [6.07, 6.45) is 1.97. The molecule has 1 unspecified atom stereocenters. The minimum atomic E-state index is -0.566. The van der Waals surface area contributed by atoms with Crippen LogP contribution < -0.4 is 0 Å². The zero-order chi connectivity index (χ0) is 7.52. The lowest BCUT2D eigenvalue weighted by Gasteiger charge is -2.16. The van der Waals surface area contributed by atoms with E-state index < -0.39 is 5.60 Å². The highest BCUT2D eigenvalue weighted by Crippen LogP contribution is 2.46. The van der Waals surface area contributed by atoms with E-state index in [4.69, 9.17) is 0 Å². The Bertz CT molecular complexity index is 207. The Kier molecular flexibility index (Phi) is 0.930. The maximum Gasteiger partial charge on any atom is 0.0975 e. The van der Waals surface area contributed by atoms with Gasteiger partial charge in [0.1, 0.15) is 0 Å². The second kappa shape index (κ2) is 1.46. The van der Waals surface area contributed by atoms with E-state index in [-0.39, 0.29) is 0 Å². The van der Waals surface area contributed by atoms with E-state index in [0.29, 0.717) is 12.1 Å². The van der Waals surface area contributed by atoms with Gasteiger partial charge in [0.25, 0.3) is 0 Å². The van der Waals surface area contributed by atoms with Crippen molar-refractivity contribution in [3.8, 4) is 0 Å². The lowest BCUT2D eigenvalue weighted by atomic mass is 10.1. The first kappa shape index (κ1) is 6.38. The lowest BCUT2D eigenvalue weighted by molar-refractivity contribution is 0.0997. The number of hydrogen-bond donors (Lipinski definition) is 1. The minimum absolute atomic E-state index is 0.368. The summed E-state index contributed by atoms with van der Waals surface area (Å²) in [5.74, 6) is 0. The molecule has 0 saturated carbocycles. The molecule has 1 heterocycles. The van der Waals surface area contributed by atoms with Crippen molar-refractivity contribution in [1.29, 1.82) is 0 Å². The highest BCUT2D eigenvalue weighted by Gasteiger charge is 2.59. The monoisotopic (exact) mass is 139 g/mol. The van der Waals surface area contributed by atoms with Crippen LogP contribution in [-0.2, 0) is 0 Å². The third kappa shape index (κ3) is 0.559. The molecule has 1 N–H and O–H groups in total. The molecule has 10 heavy (non-hydrogen) atoms. The molecule has 56 valence electrons. The van der Waals surface area contributed by atoms with Crippen molar-refractivity contribution < 1.29 is 5.11 Å². The fourth-order valence-corrected chi connectivity index (χ4v) is 2.27. The van der Waals surface area contributed by atoms with E-state index in [9.17, 15) is 5.11 Å². The zero-order valence-electron chi connectivity index (χ0n) is 6.63. The summed E-state index contributed by atoms with van der Waals surface area (Å²) in [5, 5.41) is 9.73. The summed E-state index contributed by atoms with van der Waals surface area (Å²) >= 11 is 0. The van der Waals surface area contributed by atoms with Crippen molar-refractivity contribution in [3.05, 3.63) is 11.6 Å². The Morgan fingerprint density at radius 3 is 2.50 bits per heavy atom. The van der Waals surface area contributed by atoms with Gasteiger partial charge in [-0.15, -0.1) is 0 Å². The van der Waals surface area contributed by atoms with E-state index in [0.717, 1.165) is 0 Å². The molecule has 0 aromatic heterocycles. The summed E-state index contributed by atoms with van der Waals surface area (Å²) in [6.45, 7) is 3.97. The molecular formula is C8H13NO. The van der Waals surface area contributed by atoms with Crippen LogP contribution in [0, 0.1) is 0 Å². The maximum atomic E-state index is 9.73. The van der Waals surface area contributed by atoms with Crippen molar-refractivity contribution in [2.24, 2.45) is 0 Å². The van der Waals surface area contributed by atoms with Gasteiger partial charge in [-0.05, 0) is 20.9 Å². The number of likely N-dealkylation sites (N-methyl/N-ethyl adjacent to an activating group) is 1. The number of fused-ring (bicyclic) bond motifs is 1. The maximum absolute atomic E-state index is 9.73. The van der Waals surface area contributed by atoms with Gasteiger partial charge in [0.05, 0.1) is 11.6 Å². The molecule has 0 radical (unpaired) electrons. The van der Waals surface area contributed by atoms with Gasteiger partial charge in [0, 0.05) is 6.04 Å². The highest BCUT2D eigenvalue weighted by molar-refractivity contribution is 5.38. The second-order valence-corrected chi connectivity index (χ2v) is 3.67. The van der Waals surface area contributed by atoms with Gasteiger partial charge in [-0.3, -0.25) is 4.90 Å². The molecule has 0 amide bonds. The first-order valence-corrected chi connectivity index (χ1v) is 3.68. The lowest BCUT2D eigenvalue weighted by Crippen LogP contribution is -2.29. The molecule has 0 spiro atoms. The predicted octanol–water partition coefficient (Wildman–Crippen LogP) is 0.380. The standard InChI is InChI=1S/C8H13NO/c1-5-4-8(2,10)7-6(5)9(7)3/h4,6-7,10H,1-3H3/t6-,7-,8-,9?/m1/s1. The number of rotatable bonds is 0. The van der Waals surface area contributed by atoms with Crippen molar-refractivity contribution in [2.75, 3.05) is 7.05 Å². The van der Waals surface area contributed by atoms with Gasteiger partial charge in [-0.25, -0.2) is 0 Å². The van der Waals surface area contributed by atoms with Crippen molar-refractivity contribution in [3.63, 3.8) is 0 Å². The molecular weight excluding hydrogens is 126 g/mol. The average molecular weight is 139 g/mol. The fourth-order valence-electron chi connectivity index (χ4n) is 2.27. The highest BCUT2D eigenvalue weighted by atomic mass is 16.3. The van der Waals surface area contributed by atoms with Gasteiger partial charge in [-0.2, -0.15) is 0 Å². The third-order valence-corrected chi connectivity index (χ3v) is 2.67. The quantitative estimate of drug-likeness (QED) is 0.387. The van der Waals surface area contributed by atoms with E-state index in [2.05, 4.69) is 18.9 Å². The normalized spacial score (nSPS) is 58.0. The van der Waals surface area contributed by atoms with Crippen LogP contribution in [0.15, 0.2) is 11.6 Å². The predicted molar refractivity (Wildman–Crippen MR) is 39.7 cm³/mol. The van der Waals surface area contributed by atoms with Gasteiger partial charge >= 0.3 is 0 Å². The molecule has 2 heteroatoms. The van der Waals surface area contributed by atoms with E-state index in [1.807, 2.05) is 13.0 Å². The second-order valence-electron chi connectivity index (χ2n) is 3.67. The van der Waals surface area contributed by atoms with Crippen LogP contribution in [-0.4, -0.2) is 34.7 Å². The Balaban J connectivity index is 2.32.